The summed E-state index contributed by atoms with van der Waals surface area (Å²) >= 11 is 1.17. The van der Waals surface area contributed by atoms with Gasteiger partial charge in [-0.1, -0.05) is 6.07 Å². The van der Waals surface area contributed by atoms with Gasteiger partial charge in [-0.15, -0.1) is 11.3 Å². The molecule has 0 aliphatic carbocycles. The Morgan fingerprint density at radius 2 is 1.61 bits per heavy atom. The van der Waals surface area contributed by atoms with Gasteiger partial charge in [0.15, 0.2) is 0 Å². The smallest absolute Gasteiger partial charge is 0.213 e. The highest BCUT2D eigenvalue weighted by atomic mass is 32.2. The van der Waals surface area contributed by atoms with Gasteiger partial charge in [0, 0.05) is 26.2 Å². The highest BCUT2D eigenvalue weighted by molar-refractivity contribution is 7.91. The molecule has 2 heterocycles. The number of sulfonamides is 2. The summed E-state index contributed by atoms with van der Waals surface area (Å²) in [6, 6.07) is 3.24. The van der Waals surface area contributed by atoms with Gasteiger partial charge in [0.25, 0.3) is 10.0 Å². The maximum atomic E-state index is 12.2. The molecule has 0 atom stereocenters. The van der Waals surface area contributed by atoms with Crippen LogP contribution in [0.2, 0.25) is 0 Å². The van der Waals surface area contributed by atoms with Crippen LogP contribution in [0.4, 0.5) is 0 Å². The van der Waals surface area contributed by atoms with E-state index >= 15 is 0 Å². The van der Waals surface area contributed by atoms with Crippen LogP contribution in [0, 0.1) is 0 Å². The predicted molar refractivity (Wildman–Crippen MR) is 69.5 cm³/mol. The topological polar surface area (TPSA) is 74.8 Å². The summed E-state index contributed by atoms with van der Waals surface area (Å²) in [5.74, 6) is 0. The molecule has 0 radical (unpaired) electrons. The minimum atomic E-state index is -3.46. The van der Waals surface area contributed by atoms with Gasteiger partial charge in [0.05, 0.1) is 6.26 Å². The lowest BCUT2D eigenvalue weighted by Crippen LogP contribution is -2.50. The zero-order chi connectivity index (χ0) is 13.4. The van der Waals surface area contributed by atoms with E-state index in [4.69, 9.17) is 0 Å². The van der Waals surface area contributed by atoms with Gasteiger partial charge >= 0.3 is 0 Å². The van der Waals surface area contributed by atoms with E-state index < -0.39 is 20.0 Å². The second-order valence-corrected chi connectivity index (χ2v) is 9.09. The molecule has 0 bridgehead atoms. The van der Waals surface area contributed by atoms with Crippen molar-refractivity contribution in [1.82, 2.24) is 8.61 Å². The standard InChI is InChI=1S/C9H14N2O4S3/c1-17(12,13)10-4-6-11(7-5-10)18(14,15)9-3-2-8-16-9/h2-3,8H,4-7H2,1H3. The van der Waals surface area contributed by atoms with Crippen LogP contribution in [-0.4, -0.2) is 57.9 Å². The van der Waals surface area contributed by atoms with Crippen LogP contribution >= 0.6 is 11.3 Å². The fraction of sp³-hybridized carbons (Fsp3) is 0.556. The van der Waals surface area contributed by atoms with E-state index in [-0.39, 0.29) is 26.2 Å². The molecule has 0 N–H and O–H groups in total. The largest absolute Gasteiger partial charge is 0.252 e. The number of hydrogen-bond acceptors (Lipinski definition) is 5. The minimum Gasteiger partial charge on any atom is -0.213 e. The molecule has 0 spiro atoms. The van der Waals surface area contributed by atoms with Crippen molar-refractivity contribution < 1.29 is 16.8 Å². The Morgan fingerprint density at radius 1 is 1.06 bits per heavy atom. The number of thiophene rings is 1. The van der Waals surface area contributed by atoms with Gasteiger partial charge in [-0.05, 0) is 11.4 Å². The van der Waals surface area contributed by atoms with Gasteiger partial charge in [-0.2, -0.15) is 8.61 Å². The molecule has 1 saturated heterocycles. The molecule has 1 aromatic rings. The van der Waals surface area contributed by atoms with Crippen LogP contribution in [0.15, 0.2) is 21.7 Å². The van der Waals surface area contributed by atoms with E-state index in [0.29, 0.717) is 4.21 Å². The predicted octanol–water partition coefficient (Wildman–Crippen LogP) is 0.0140. The second-order valence-electron chi connectivity index (χ2n) is 4.00. The Balaban J connectivity index is 2.11. The summed E-state index contributed by atoms with van der Waals surface area (Å²) in [6.45, 7) is 0.827. The summed E-state index contributed by atoms with van der Waals surface area (Å²) in [6.07, 6.45) is 1.14. The van der Waals surface area contributed by atoms with Crippen LogP contribution < -0.4 is 0 Å². The normalized spacial score (nSPS) is 20.1. The molecular weight excluding hydrogens is 296 g/mol. The summed E-state index contributed by atoms with van der Waals surface area (Å²) in [5.41, 5.74) is 0. The van der Waals surface area contributed by atoms with E-state index in [9.17, 15) is 16.8 Å². The Morgan fingerprint density at radius 3 is 2.06 bits per heavy atom. The molecule has 0 aromatic carbocycles. The summed E-state index contributed by atoms with van der Waals surface area (Å²) in [5, 5.41) is 1.71. The molecule has 2 rings (SSSR count). The highest BCUT2D eigenvalue weighted by Crippen LogP contribution is 2.22. The van der Waals surface area contributed by atoms with E-state index in [1.54, 1.807) is 17.5 Å². The number of hydrogen-bond donors (Lipinski definition) is 0. The van der Waals surface area contributed by atoms with Crippen molar-refractivity contribution in [1.29, 1.82) is 0 Å². The molecule has 1 fully saturated rings. The summed E-state index contributed by atoms with van der Waals surface area (Å²) in [7, 11) is -6.69. The Bertz CT molecular complexity index is 598. The SMILES string of the molecule is CS(=O)(=O)N1CCN(S(=O)(=O)c2cccs2)CC1. The third kappa shape index (κ3) is 2.75. The second kappa shape index (κ2) is 4.89. The minimum absolute atomic E-state index is 0.202. The van der Waals surface area contributed by atoms with Crippen LogP contribution in [0.5, 0.6) is 0 Å². The molecule has 9 heteroatoms. The van der Waals surface area contributed by atoms with Gasteiger partial charge in [-0.3, -0.25) is 0 Å². The zero-order valence-electron chi connectivity index (χ0n) is 9.81. The average Bonchev–Trinajstić information content (AvgIpc) is 2.82. The van der Waals surface area contributed by atoms with Crippen LogP contribution in [0.1, 0.15) is 0 Å². The fourth-order valence-electron chi connectivity index (χ4n) is 1.78. The molecule has 0 amide bonds. The Kier molecular flexibility index (Phi) is 3.79. The first-order valence-corrected chi connectivity index (χ1v) is 9.47. The van der Waals surface area contributed by atoms with Crippen LogP contribution in [0.3, 0.4) is 0 Å². The molecule has 1 aromatic heterocycles. The first kappa shape index (κ1) is 13.9. The lowest BCUT2D eigenvalue weighted by atomic mass is 10.4. The van der Waals surface area contributed by atoms with Crippen molar-refractivity contribution in [3.05, 3.63) is 17.5 Å². The zero-order valence-corrected chi connectivity index (χ0v) is 12.3. The highest BCUT2D eigenvalue weighted by Gasteiger charge is 2.31. The first-order valence-electron chi connectivity index (χ1n) is 5.30. The van der Waals surface area contributed by atoms with E-state index in [1.165, 1.54) is 19.9 Å². The number of piperazine rings is 1. The lowest BCUT2D eigenvalue weighted by Gasteiger charge is -2.32. The first-order chi connectivity index (χ1) is 8.32. The molecule has 102 valence electrons. The van der Waals surface area contributed by atoms with Crippen LogP contribution in [-0.2, 0) is 20.0 Å². The van der Waals surface area contributed by atoms with Crippen LogP contribution in [0.25, 0.3) is 0 Å². The lowest BCUT2D eigenvalue weighted by molar-refractivity contribution is 0.274. The van der Waals surface area contributed by atoms with Gasteiger partial charge in [0.2, 0.25) is 10.0 Å². The molecule has 0 unspecified atom stereocenters. The monoisotopic (exact) mass is 310 g/mol. The van der Waals surface area contributed by atoms with E-state index in [2.05, 4.69) is 0 Å². The van der Waals surface area contributed by atoms with Crippen molar-refractivity contribution in [3.63, 3.8) is 0 Å². The number of rotatable bonds is 3. The molecule has 1 aliphatic rings. The van der Waals surface area contributed by atoms with Gasteiger partial charge in [-0.25, -0.2) is 16.8 Å². The summed E-state index contributed by atoms with van der Waals surface area (Å²) < 4.78 is 49.9. The maximum absolute atomic E-state index is 12.2. The van der Waals surface area contributed by atoms with Crippen molar-refractivity contribution in [2.24, 2.45) is 0 Å². The quantitative estimate of drug-likeness (QED) is 0.788. The molecule has 6 nitrogen and oxygen atoms in total. The summed E-state index contributed by atoms with van der Waals surface area (Å²) in [4.78, 5) is 0. The van der Waals surface area contributed by atoms with Gasteiger partial charge in [0.1, 0.15) is 4.21 Å². The van der Waals surface area contributed by atoms with Crippen molar-refractivity contribution in [3.8, 4) is 0 Å². The third-order valence-electron chi connectivity index (χ3n) is 2.76. The number of nitrogens with zero attached hydrogens (tertiary/aromatic N) is 2. The van der Waals surface area contributed by atoms with Crippen molar-refractivity contribution in [2.75, 3.05) is 32.4 Å². The third-order valence-corrected chi connectivity index (χ3v) is 7.33. The fourth-order valence-corrected chi connectivity index (χ4v) is 5.17. The van der Waals surface area contributed by atoms with Crippen molar-refractivity contribution in [2.45, 2.75) is 4.21 Å². The van der Waals surface area contributed by atoms with Gasteiger partial charge < -0.3 is 0 Å². The van der Waals surface area contributed by atoms with Crippen molar-refractivity contribution >= 4 is 31.4 Å². The molecule has 1 aliphatic heterocycles. The molecular formula is C9H14N2O4S3. The molecule has 0 saturated carbocycles. The van der Waals surface area contributed by atoms with E-state index in [1.807, 2.05) is 0 Å². The van der Waals surface area contributed by atoms with E-state index in [0.717, 1.165) is 6.26 Å². The Hall–Kier alpha value is -0.480. The Labute approximate surface area is 111 Å². The maximum Gasteiger partial charge on any atom is 0.252 e. The molecule has 18 heavy (non-hydrogen) atoms. The average molecular weight is 310 g/mol.